The Morgan fingerprint density at radius 3 is 2.70 bits per heavy atom. The molecule has 4 heteroatoms. The monoisotopic (exact) mass is 311 g/mol. The molecular weight excluding hydrogens is 293 g/mol. The third-order valence-electron chi connectivity index (χ3n) is 3.81. The van der Waals surface area contributed by atoms with Gasteiger partial charge in [-0.25, -0.2) is 0 Å². The van der Waals surface area contributed by atoms with Gasteiger partial charge in [0.2, 0.25) is 5.91 Å². The number of hydrogen-bond donors (Lipinski definition) is 1. The summed E-state index contributed by atoms with van der Waals surface area (Å²) in [4.78, 5) is 11.9. The van der Waals surface area contributed by atoms with Crippen LogP contribution in [-0.4, -0.2) is 11.9 Å². The zero-order chi connectivity index (χ0) is 14.5. The molecule has 0 aromatic heterocycles. The van der Waals surface area contributed by atoms with Crippen LogP contribution in [0.25, 0.3) is 6.08 Å². The molecule has 1 aliphatic carbocycles. The van der Waals surface area contributed by atoms with E-state index in [1.54, 1.807) is 24.3 Å². The third-order valence-corrected chi connectivity index (χ3v) is 4.55. The van der Waals surface area contributed by atoms with E-state index < -0.39 is 0 Å². The second-order valence-electron chi connectivity index (χ2n) is 5.38. The molecular formula is C16H19Cl2NO. The first-order valence-electron chi connectivity index (χ1n) is 7.00. The molecule has 2 rings (SSSR count). The van der Waals surface area contributed by atoms with E-state index in [0.717, 1.165) is 12.0 Å². The van der Waals surface area contributed by atoms with Gasteiger partial charge in [-0.2, -0.15) is 0 Å². The predicted octanol–water partition coefficient (Wildman–Crippen LogP) is 4.70. The zero-order valence-electron chi connectivity index (χ0n) is 11.5. The lowest BCUT2D eigenvalue weighted by molar-refractivity contribution is -0.117. The van der Waals surface area contributed by atoms with Crippen molar-refractivity contribution in [3.8, 4) is 0 Å². The number of carbonyl (C=O) groups excluding carboxylic acids is 1. The fourth-order valence-electron chi connectivity index (χ4n) is 2.55. The number of hydrogen-bond acceptors (Lipinski definition) is 1. The van der Waals surface area contributed by atoms with E-state index in [4.69, 9.17) is 23.2 Å². The molecule has 1 aromatic rings. The van der Waals surface area contributed by atoms with Crippen molar-refractivity contribution in [3.63, 3.8) is 0 Å². The number of rotatable bonds is 3. The van der Waals surface area contributed by atoms with Crippen LogP contribution in [0.3, 0.4) is 0 Å². The summed E-state index contributed by atoms with van der Waals surface area (Å²) >= 11 is 11.8. The Labute approximate surface area is 130 Å². The predicted molar refractivity (Wildman–Crippen MR) is 85.1 cm³/mol. The normalized spacial score (nSPS) is 22.9. The van der Waals surface area contributed by atoms with Crippen molar-refractivity contribution in [2.24, 2.45) is 5.92 Å². The number of amides is 1. The molecule has 1 amide bonds. The molecule has 0 heterocycles. The average molecular weight is 312 g/mol. The van der Waals surface area contributed by atoms with Crippen LogP contribution in [0.15, 0.2) is 24.3 Å². The highest BCUT2D eigenvalue weighted by atomic mass is 35.5. The fraction of sp³-hybridized carbons (Fsp3) is 0.438. The fourth-order valence-corrected chi connectivity index (χ4v) is 2.86. The Morgan fingerprint density at radius 1 is 1.25 bits per heavy atom. The van der Waals surface area contributed by atoms with Crippen LogP contribution in [0.1, 0.15) is 38.2 Å². The van der Waals surface area contributed by atoms with Crippen LogP contribution in [-0.2, 0) is 4.79 Å². The molecule has 0 bridgehead atoms. The Hall–Kier alpha value is -0.990. The van der Waals surface area contributed by atoms with E-state index in [1.807, 2.05) is 6.07 Å². The van der Waals surface area contributed by atoms with Crippen LogP contribution in [0, 0.1) is 5.92 Å². The molecule has 1 saturated carbocycles. The minimum absolute atomic E-state index is 0.0465. The molecule has 2 atom stereocenters. The maximum atomic E-state index is 11.9. The van der Waals surface area contributed by atoms with E-state index in [0.29, 0.717) is 22.0 Å². The van der Waals surface area contributed by atoms with Crippen molar-refractivity contribution in [3.05, 3.63) is 39.9 Å². The van der Waals surface area contributed by atoms with Gasteiger partial charge in [0.25, 0.3) is 0 Å². The number of benzene rings is 1. The van der Waals surface area contributed by atoms with Crippen LogP contribution in [0.4, 0.5) is 0 Å². The van der Waals surface area contributed by atoms with E-state index in [2.05, 4.69) is 12.2 Å². The molecule has 2 nitrogen and oxygen atoms in total. The van der Waals surface area contributed by atoms with Gasteiger partial charge in [-0.3, -0.25) is 4.79 Å². The first-order chi connectivity index (χ1) is 9.56. The molecule has 1 N–H and O–H groups in total. The summed E-state index contributed by atoms with van der Waals surface area (Å²) in [7, 11) is 0. The van der Waals surface area contributed by atoms with E-state index >= 15 is 0 Å². The lowest BCUT2D eigenvalue weighted by Gasteiger charge is -2.29. The summed E-state index contributed by atoms with van der Waals surface area (Å²) in [5.41, 5.74) is 0.867. The van der Waals surface area contributed by atoms with Crippen molar-refractivity contribution in [1.29, 1.82) is 0 Å². The quantitative estimate of drug-likeness (QED) is 0.805. The highest BCUT2D eigenvalue weighted by Crippen LogP contribution is 2.24. The SMILES string of the molecule is C[C@H]1CCCC[C@H]1NC(=O)/C=C/c1ccc(Cl)c(Cl)c1. The topological polar surface area (TPSA) is 29.1 Å². The van der Waals surface area contributed by atoms with Gasteiger partial charge in [0.15, 0.2) is 0 Å². The Kier molecular flexibility index (Phi) is 5.50. The van der Waals surface area contributed by atoms with E-state index in [-0.39, 0.29) is 5.91 Å². The highest BCUT2D eigenvalue weighted by Gasteiger charge is 2.21. The molecule has 1 aliphatic rings. The molecule has 0 aliphatic heterocycles. The van der Waals surface area contributed by atoms with Gasteiger partial charge in [-0.05, 0) is 42.5 Å². The summed E-state index contributed by atoms with van der Waals surface area (Å²) in [6.45, 7) is 2.20. The van der Waals surface area contributed by atoms with Crippen LogP contribution in [0.5, 0.6) is 0 Å². The summed E-state index contributed by atoms with van der Waals surface area (Å²) in [6, 6.07) is 5.61. The lowest BCUT2D eigenvalue weighted by atomic mass is 9.86. The summed E-state index contributed by atoms with van der Waals surface area (Å²) in [5.74, 6) is 0.515. The molecule has 20 heavy (non-hydrogen) atoms. The first-order valence-corrected chi connectivity index (χ1v) is 7.75. The maximum absolute atomic E-state index is 11.9. The molecule has 1 aromatic carbocycles. The smallest absolute Gasteiger partial charge is 0.244 e. The van der Waals surface area contributed by atoms with E-state index in [9.17, 15) is 4.79 Å². The third kappa shape index (κ3) is 4.26. The van der Waals surface area contributed by atoms with Crippen LogP contribution < -0.4 is 5.32 Å². The summed E-state index contributed by atoms with van der Waals surface area (Å²) < 4.78 is 0. The average Bonchev–Trinajstić information content (AvgIpc) is 2.43. The lowest BCUT2D eigenvalue weighted by Crippen LogP contribution is -2.40. The van der Waals surface area contributed by atoms with Gasteiger partial charge in [0.1, 0.15) is 0 Å². The van der Waals surface area contributed by atoms with Gasteiger partial charge in [0, 0.05) is 12.1 Å². The van der Waals surface area contributed by atoms with Crippen molar-refractivity contribution in [2.45, 2.75) is 38.6 Å². The van der Waals surface area contributed by atoms with Crippen molar-refractivity contribution < 1.29 is 4.79 Å². The van der Waals surface area contributed by atoms with E-state index in [1.165, 1.54) is 19.3 Å². The largest absolute Gasteiger partial charge is 0.350 e. The first kappa shape index (κ1) is 15.4. The molecule has 0 spiro atoms. The summed E-state index contributed by atoms with van der Waals surface area (Å²) in [6.07, 6.45) is 8.05. The van der Waals surface area contributed by atoms with Gasteiger partial charge in [-0.1, -0.05) is 49.0 Å². The Balaban J connectivity index is 1.93. The van der Waals surface area contributed by atoms with Gasteiger partial charge < -0.3 is 5.32 Å². The molecule has 108 valence electrons. The minimum Gasteiger partial charge on any atom is -0.350 e. The summed E-state index contributed by atoms with van der Waals surface area (Å²) in [5, 5.41) is 4.09. The van der Waals surface area contributed by atoms with Crippen molar-refractivity contribution in [1.82, 2.24) is 5.32 Å². The van der Waals surface area contributed by atoms with Crippen molar-refractivity contribution in [2.75, 3.05) is 0 Å². The van der Waals surface area contributed by atoms with Crippen LogP contribution in [0.2, 0.25) is 10.0 Å². The number of carbonyl (C=O) groups is 1. The Bertz CT molecular complexity index is 513. The number of nitrogens with one attached hydrogen (secondary N) is 1. The second kappa shape index (κ2) is 7.14. The Morgan fingerprint density at radius 2 is 2.00 bits per heavy atom. The van der Waals surface area contributed by atoms with Crippen LogP contribution >= 0.6 is 23.2 Å². The molecule has 0 saturated heterocycles. The maximum Gasteiger partial charge on any atom is 0.244 e. The molecule has 0 radical (unpaired) electrons. The van der Waals surface area contributed by atoms with Gasteiger partial charge in [-0.15, -0.1) is 0 Å². The number of halogens is 2. The highest BCUT2D eigenvalue weighted by molar-refractivity contribution is 6.42. The van der Waals surface area contributed by atoms with Gasteiger partial charge in [0.05, 0.1) is 10.0 Å². The second-order valence-corrected chi connectivity index (χ2v) is 6.20. The standard InChI is InChI=1S/C16H19Cl2NO/c1-11-4-2-3-5-15(11)19-16(20)9-7-12-6-8-13(17)14(18)10-12/h6-11,15H,2-5H2,1H3,(H,19,20)/b9-7+/t11-,15+/m0/s1. The zero-order valence-corrected chi connectivity index (χ0v) is 13.0. The van der Waals surface area contributed by atoms with Crippen molar-refractivity contribution >= 4 is 35.2 Å². The molecule has 1 fully saturated rings. The van der Waals surface area contributed by atoms with Gasteiger partial charge >= 0.3 is 0 Å². The minimum atomic E-state index is -0.0465. The molecule has 0 unspecified atom stereocenters.